The Bertz CT molecular complexity index is 1260. The number of hydrogen-bond donors (Lipinski definition) is 0. The number of ether oxygens (including phenoxy) is 6. The van der Waals surface area contributed by atoms with Crippen molar-refractivity contribution in [2.24, 2.45) is 10.8 Å². The van der Waals surface area contributed by atoms with Gasteiger partial charge in [-0.3, -0.25) is 0 Å². The van der Waals surface area contributed by atoms with Crippen LogP contribution in [0.2, 0.25) is 0 Å². The molecule has 7 heteroatoms. The summed E-state index contributed by atoms with van der Waals surface area (Å²) in [5.41, 5.74) is 4.11. The van der Waals surface area contributed by atoms with E-state index in [2.05, 4.69) is 13.8 Å². The van der Waals surface area contributed by atoms with Gasteiger partial charge in [0.2, 0.25) is 0 Å². The molecular formula is C35H42O7. The molecule has 2 saturated heterocycles. The lowest BCUT2D eigenvalue weighted by atomic mass is 9.90. The highest BCUT2D eigenvalue weighted by Crippen LogP contribution is 2.28. The molecule has 0 radical (unpaired) electrons. The second kappa shape index (κ2) is 14.3. The second-order valence-electron chi connectivity index (χ2n) is 12.2. The van der Waals surface area contributed by atoms with Crippen LogP contribution in [0.1, 0.15) is 42.6 Å². The lowest BCUT2D eigenvalue weighted by molar-refractivity contribution is -0.138. The minimum absolute atomic E-state index is 0.159. The molecule has 0 N–H and O–H groups in total. The van der Waals surface area contributed by atoms with Crippen molar-refractivity contribution in [1.29, 1.82) is 0 Å². The SMILES string of the molecule is CC1(COCCCCOc2ccc(-c3ccc(OC(=O)c4ccc(CCOCC5(C)COC5)cc4)cc3)cc2)COC1. The Morgan fingerprint density at radius 2 is 1.19 bits per heavy atom. The van der Waals surface area contributed by atoms with Gasteiger partial charge in [0.25, 0.3) is 0 Å². The zero-order valence-corrected chi connectivity index (χ0v) is 24.8. The van der Waals surface area contributed by atoms with E-state index in [0.717, 1.165) is 81.3 Å². The van der Waals surface area contributed by atoms with Crippen LogP contribution in [0, 0.1) is 10.8 Å². The fraction of sp³-hybridized carbons (Fsp3) is 0.457. The third kappa shape index (κ3) is 8.65. The van der Waals surface area contributed by atoms with Crippen molar-refractivity contribution in [2.75, 3.05) is 59.5 Å². The average Bonchev–Trinajstić information content (AvgIpc) is 2.98. The van der Waals surface area contributed by atoms with Crippen LogP contribution in [0.25, 0.3) is 11.1 Å². The molecule has 0 aliphatic carbocycles. The molecule has 2 aliphatic rings. The number of hydrogen-bond acceptors (Lipinski definition) is 7. The van der Waals surface area contributed by atoms with Crippen LogP contribution >= 0.6 is 0 Å². The van der Waals surface area contributed by atoms with Crippen molar-refractivity contribution in [3.05, 3.63) is 83.9 Å². The summed E-state index contributed by atoms with van der Waals surface area (Å²) in [7, 11) is 0. The van der Waals surface area contributed by atoms with E-state index in [1.54, 1.807) is 12.1 Å². The molecule has 0 unspecified atom stereocenters. The molecule has 224 valence electrons. The highest BCUT2D eigenvalue weighted by atomic mass is 16.5. The summed E-state index contributed by atoms with van der Waals surface area (Å²) in [6, 6.07) is 23.1. The monoisotopic (exact) mass is 574 g/mol. The van der Waals surface area contributed by atoms with Gasteiger partial charge in [-0.05, 0) is 72.4 Å². The molecule has 3 aromatic carbocycles. The van der Waals surface area contributed by atoms with Crippen LogP contribution in [0.15, 0.2) is 72.8 Å². The maximum Gasteiger partial charge on any atom is 0.343 e. The Morgan fingerprint density at radius 3 is 1.74 bits per heavy atom. The summed E-state index contributed by atoms with van der Waals surface area (Å²) >= 11 is 0. The van der Waals surface area contributed by atoms with Gasteiger partial charge in [0.05, 0.1) is 58.4 Å². The molecule has 0 aromatic heterocycles. The van der Waals surface area contributed by atoms with E-state index >= 15 is 0 Å². The lowest BCUT2D eigenvalue weighted by Gasteiger charge is -2.37. The minimum Gasteiger partial charge on any atom is -0.494 e. The lowest BCUT2D eigenvalue weighted by Crippen LogP contribution is -2.43. The Morgan fingerprint density at radius 1 is 0.667 bits per heavy atom. The summed E-state index contributed by atoms with van der Waals surface area (Å²) in [5.74, 6) is 0.980. The molecule has 0 spiro atoms. The summed E-state index contributed by atoms with van der Waals surface area (Å²) in [4.78, 5) is 12.7. The van der Waals surface area contributed by atoms with E-state index in [1.165, 1.54) is 0 Å². The first-order valence-corrected chi connectivity index (χ1v) is 14.9. The maximum atomic E-state index is 12.7. The first-order valence-electron chi connectivity index (χ1n) is 14.9. The van der Waals surface area contributed by atoms with Gasteiger partial charge in [-0.15, -0.1) is 0 Å². The van der Waals surface area contributed by atoms with Crippen molar-refractivity contribution < 1.29 is 33.2 Å². The zero-order chi connectivity index (χ0) is 29.3. The maximum absolute atomic E-state index is 12.7. The molecule has 7 nitrogen and oxygen atoms in total. The third-order valence-electron chi connectivity index (χ3n) is 7.63. The molecule has 2 aliphatic heterocycles. The van der Waals surface area contributed by atoms with Crippen LogP contribution in [0.4, 0.5) is 0 Å². The molecule has 2 fully saturated rings. The molecule has 0 amide bonds. The van der Waals surface area contributed by atoms with E-state index in [9.17, 15) is 4.79 Å². The first kappa shape index (κ1) is 30.2. The largest absolute Gasteiger partial charge is 0.494 e. The smallest absolute Gasteiger partial charge is 0.343 e. The van der Waals surface area contributed by atoms with E-state index < -0.39 is 0 Å². The highest BCUT2D eigenvalue weighted by Gasteiger charge is 2.34. The fourth-order valence-corrected chi connectivity index (χ4v) is 4.82. The van der Waals surface area contributed by atoms with Crippen molar-refractivity contribution in [1.82, 2.24) is 0 Å². The number of carbonyl (C=O) groups is 1. The van der Waals surface area contributed by atoms with Gasteiger partial charge in [0.1, 0.15) is 11.5 Å². The highest BCUT2D eigenvalue weighted by molar-refractivity contribution is 5.91. The predicted molar refractivity (Wildman–Crippen MR) is 161 cm³/mol. The Hall–Kier alpha value is -3.23. The molecule has 2 heterocycles. The number of benzene rings is 3. The van der Waals surface area contributed by atoms with Gasteiger partial charge in [0, 0.05) is 17.4 Å². The fourth-order valence-electron chi connectivity index (χ4n) is 4.82. The van der Waals surface area contributed by atoms with Crippen molar-refractivity contribution in [2.45, 2.75) is 33.1 Å². The predicted octanol–water partition coefficient (Wildman–Crippen LogP) is 6.38. The van der Waals surface area contributed by atoms with Crippen LogP contribution in [0.3, 0.4) is 0 Å². The molecular weight excluding hydrogens is 532 g/mol. The van der Waals surface area contributed by atoms with Crippen molar-refractivity contribution in [3.63, 3.8) is 0 Å². The number of carbonyl (C=O) groups excluding carboxylic acids is 1. The Balaban J connectivity index is 0.996. The topological polar surface area (TPSA) is 72.5 Å². The van der Waals surface area contributed by atoms with E-state index in [4.69, 9.17) is 28.4 Å². The van der Waals surface area contributed by atoms with Crippen LogP contribution < -0.4 is 9.47 Å². The minimum atomic E-state index is -0.376. The van der Waals surface area contributed by atoms with E-state index in [0.29, 0.717) is 31.1 Å². The number of esters is 1. The Labute approximate surface area is 249 Å². The molecule has 5 rings (SSSR count). The van der Waals surface area contributed by atoms with Gasteiger partial charge in [0.15, 0.2) is 0 Å². The summed E-state index contributed by atoms with van der Waals surface area (Å²) in [6.07, 6.45) is 2.72. The summed E-state index contributed by atoms with van der Waals surface area (Å²) in [5, 5.41) is 0. The van der Waals surface area contributed by atoms with Crippen LogP contribution in [-0.4, -0.2) is 65.4 Å². The standard InChI is InChI=1S/C35H42O7/c1-34(23-39-24-34)21-37-18-3-4-19-41-31-13-9-28(10-14-31)29-11-15-32(16-12-29)42-33(36)30-7-5-27(6-8-30)17-20-38-22-35(2)25-40-26-35/h5-16H,3-4,17-26H2,1-2H3. The zero-order valence-electron chi connectivity index (χ0n) is 24.8. The van der Waals surface area contributed by atoms with Gasteiger partial charge in [-0.25, -0.2) is 4.79 Å². The third-order valence-corrected chi connectivity index (χ3v) is 7.63. The molecule has 0 atom stereocenters. The normalized spacial score (nSPS) is 16.7. The molecule has 0 saturated carbocycles. The van der Waals surface area contributed by atoms with Crippen molar-refractivity contribution >= 4 is 5.97 Å². The first-order chi connectivity index (χ1) is 20.4. The van der Waals surface area contributed by atoms with Gasteiger partial charge in [-0.2, -0.15) is 0 Å². The molecule has 3 aromatic rings. The summed E-state index contributed by atoms with van der Waals surface area (Å²) in [6.45, 7) is 11.0. The van der Waals surface area contributed by atoms with Gasteiger partial charge < -0.3 is 28.4 Å². The van der Waals surface area contributed by atoms with Crippen LogP contribution in [-0.2, 0) is 25.4 Å². The average molecular weight is 575 g/mol. The van der Waals surface area contributed by atoms with Gasteiger partial charge in [-0.1, -0.05) is 50.2 Å². The molecule has 0 bridgehead atoms. The van der Waals surface area contributed by atoms with Crippen molar-refractivity contribution in [3.8, 4) is 22.6 Å². The summed E-state index contributed by atoms with van der Waals surface area (Å²) < 4.78 is 33.6. The van der Waals surface area contributed by atoms with E-state index in [1.807, 2.05) is 60.7 Å². The number of unbranched alkanes of at least 4 members (excludes halogenated alkanes) is 1. The number of rotatable bonds is 16. The van der Waals surface area contributed by atoms with E-state index in [-0.39, 0.29) is 16.8 Å². The van der Waals surface area contributed by atoms with Crippen LogP contribution in [0.5, 0.6) is 11.5 Å². The second-order valence-corrected chi connectivity index (χ2v) is 12.2. The Kier molecular flexibility index (Phi) is 10.3. The quantitative estimate of drug-likeness (QED) is 0.112. The molecule has 42 heavy (non-hydrogen) atoms. The van der Waals surface area contributed by atoms with Gasteiger partial charge >= 0.3 is 5.97 Å².